The first-order valence-corrected chi connectivity index (χ1v) is 6.46. The number of hydrogen-bond donors (Lipinski definition) is 2. The van der Waals surface area contributed by atoms with Gasteiger partial charge in [-0.3, -0.25) is 4.79 Å². The molecule has 2 N–H and O–H groups in total. The topological polar surface area (TPSA) is 58.6 Å². The Balaban J connectivity index is 2.06. The van der Waals surface area contributed by atoms with Crippen LogP contribution in [0, 0.1) is 11.7 Å². The molecule has 0 aromatic heterocycles. The van der Waals surface area contributed by atoms with Crippen molar-refractivity contribution in [3.8, 4) is 0 Å². The van der Waals surface area contributed by atoms with E-state index in [1.54, 1.807) is 12.1 Å². The number of benzene rings is 1. The van der Waals surface area contributed by atoms with Crippen LogP contribution in [0.25, 0.3) is 0 Å². The van der Waals surface area contributed by atoms with Gasteiger partial charge in [-0.15, -0.1) is 0 Å². The number of halogens is 1. The normalized spacial score (nSPS) is 21.6. The number of nitrogens with one attached hydrogen (secondary N) is 1. The van der Waals surface area contributed by atoms with E-state index in [-0.39, 0.29) is 11.9 Å². The van der Waals surface area contributed by atoms with Gasteiger partial charge in [0.05, 0.1) is 12.0 Å². The fraction of sp³-hybridized carbons (Fsp3) is 0.500. The molecule has 104 valence electrons. The van der Waals surface area contributed by atoms with Crippen molar-refractivity contribution in [3.63, 3.8) is 0 Å². The summed E-state index contributed by atoms with van der Waals surface area (Å²) in [5.41, 5.74) is 0.807. The second-order valence-corrected chi connectivity index (χ2v) is 4.74. The zero-order valence-electron chi connectivity index (χ0n) is 10.6. The van der Waals surface area contributed by atoms with Gasteiger partial charge in [-0.1, -0.05) is 12.1 Å². The number of hydrogen-bond acceptors (Lipinski definition) is 3. The average Bonchev–Trinajstić information content (AvgIpc) is 2.66. The van der Waals surface area contributed by atoms with E-state index in [1.807, 2.05) is 0 Å². The van der Waals surface area contributed by atoms with Crippen LogP contribution in [0.4, 0.5) is 4.39 Å². The Hall–Kier alpha value is -1.46. The van der Waals surface area contributed by atoms with Crippen LogP contribution in [0.2, 0.25) is 0 Å². The Morgan fingerprint density at radius 3 is 2.89 bits per heavy atom. The monoisotopic (exact) mass is 267 g/mol. The van der Waals surface area contributed by atoms with Gasteiger partial charge in [0, 0.05) is 13.2 Å². The molecule has 1 aliphatic heterocycles. The molecule has 1 aliphatic rings. The summed E-state index contributed by atoms with van der Waals surface area (Å²) in [7, 11) is 0. The van der Waals surface area contributed by atoms with E-state index in [0.29, 0.717) is 19.6 Å². The van der Waals surface area contributed by atoms with Crippen LogP contribution in [0.15, 0.2) is 24.3 Å². The molecule has 1 fully saturated rings. The smallest absolute Gasteiger partial charge is 0.309 e. The van der Waals surface area contributed by atoms with Gasteiger partial charge in [-0.05, 0) is 37.1 Å². The second-order valence-electron chi connectivity index (χ2n) is 4.74. The molecule has 19 heavy (non-hydrogen) atoms. The van der Waals surface area contributed by atoms with Gasteiger partial charge >= 0.3 is 5.97 Å². The minimum absolute atomic E-state index is 0.317. The third-order valence-corrected chi connectivity index (χ3v) is 3.31. The summed E-state index contributed by atoms with van der Waals surface area (Å²) in [6.45, 7) is 1.96. The highest BCUT2D eigenvalue weighted by Crippen LogP contribution is 2.17. The summed E-state index contributed by atoms with van der Waals surface area (Å²) in [6.07, 6.45) is 0.895. The number of carboxylic acid groups (broad SMARTS) is 1. The number of aliphatic carboxylic acids is 1. The fourth-order valence-electron chi connectivity index (χ4n) is 2.25. The molecule has 0 radical (unpaired) electrons. The molecule has 1 aromatic rings. The minimum atomic E-state index is -0.877. The van der Waals surface area contributed by atoms with Crippen molar-refractivity contribution < 1.29 is 19.0 Å². The Morgan fingerprint density at radius 1 is 1.47 bits per heavy atom. The molecule has 4 nitrogen and oxygen atoms in total. The first kappa shape index (κ1) is 14.0. The molecular weight excluding hydrogens is 249 g/mol. The van der Waals surface area contributed by atoms with Crippen LogP contribution in [0.1, 0.15) is 12.0 Å². The molecule has 5 heteroatoms. The van der Waals surface area contributed by atoms with Crippen LogP contribution in [0.3, 0.4) is 0 Å². The van der Waals surface area contributed by atoms with Gasteiger partial charge in [0.1, 0.15) is 5.82 Å². The number of carbonyl (C=O) groups is 1. The predicted molar refractivity (Wildman–Crippen MR) is 68.5 cm³/mol. The highest BCUT2D eigenvalue weighted by Gasteiger charge is 2.29. The highest BCUT2D eigenvalue weighted by molar-refractivity contribution is 5.71. The molecule has 1 saturated heterocycles. The lowest BCUT2D eigenvalue weighted by molar-refractivity contribution is -0.147. The predicted octanol–water partition coefficient (Wildman–Crippen LogP) is 1.45. The Morgan fingerprint density at radius 2 is 2.21 bits per heavy atom. The van der Waals surface area contributed by atoms with E-state index in [1.165, 1.54) is 12.1 Å². The van der Waals surface area contributed by atoms with Crippen molar-refractivity contribution in [2.45, 2.75) is 18.9 Å². The Kier molecular flexibility index (Phi) is 4.87. The van der Waals surface area contributed by atoms with Gasteiger partial charge < -0.3 is 15.2 Å². The molecule has 0 aliphatic carbocycles. The SMILES string of the molecule is O=C(O)C(Cc1ccc(F)cc1)C1CNCCCO1. The van der Waals surface area contributed by atoms with Gasteiger partial charge in [0.15, 0.2) is 0 Å². The van der Waals surface area contributed by atoms with Gasteiger partial charge in [-0.2, -0.15) is 0 Å². The van der Waals surface area contributed by atoms with E-state index in [4.69, 9.17) is 4.74 Å². The third-order valence-electron chi connectivity index (χ3n) is 3.31. The molecule has 2 atom stereocenters. The van der Waals surface area contributed by atoms with Gasteiger partial charge in [-0.25, -0.2) is 4.39 Å². The van der Waals surface area contributed by atoms with Gasteiger partial charge in [0.25, 0.3) is 0 Å². The summed E-state index contributed by atoms with van der Waals surface area (Å²) in [4.78, 5) is 11.4. The lowest BCUT2D eigenvalue weighted by Gasteiger charge is -2.22. The summed E-state index contributed by atoms with van der Waals surface area (Å²) in [6, 6.07) is 5.94. The molecular formula is C14H18FNO3. The van der Waals surface area contributed by atoms with E-state index >= 15 is 0 Å². The van der Waals surface area contributed by atoms with Crippen molar-refractivity contribution in [2.24, 2.45) is 5.92 Å². The second kappa shape index (κ2) is 6.63. The largest absolute Gasteiger partial charge is 0.481 e. The van der Waals surface area contributed by atoms with Crippen molar-refractivity contribution in [1.29, 1.82) is 0 Å². The summed E-state index contributed by atoms with van der Waals surface area (Å²) in [5, 5.41) is 12.5. The zero-order chi connectivity index (χ0) is 13.7. The first-order valence-electron chi connectivity index (χ1n) is 6.46. The molecule has 1 aromatic carbocycles. The number of carboxylic acids is 1. The van der Waals surface area contributed by atoms with Crippen molar-refractivity contribution in [2.75, 3.05) is 19.7 Å². The van der Waals surface area contributed by atoms with E-state index < -0.39 is 11.9 Å². The molecule has 0 spiro atoms. The third kappa shape index (κ3) is 4.01. The lowest BCUT2D eigenvalue weighted by atomic mass is 9.94. The molecule has 2 unspecified atom stereocenters. The lowest BCUT2D eigenvalue weighted by Crippen LogP contribution is -2.38. The maximum absolute atomic E-state index is 12.8. The molecule has 0 saturated carbocycles. The maximum atomic E-state index is 12.8. The summed E-state index contributed by atoms with van der Waals surface area (Å²) < 4.78 is 18.4. The first-order chi connectivity index (χ1) is 9.16. The van der Waals surface area contributed by atoms with Crippen molar-refractivity contribution in [3.05, 3.63) is 35.6 Å². The van der Waals surface area contributed by atoms with Crippen LogP contribution in [-0.4, -0.2) is 36.9 Å². The van der Waals surface area contributed by atoms with Crippen LogP contribution < -0.4 is 5.32 Å². The molecule has 1 heterocycles. The van der Waals surface area contributed by atoms with Crippen LogP contribution in [-0.2, 0) is 16.0 Å². The van der Waals surface area contributed by atoms with Crippen molar-refractivity contribution >= 4 is 5.97 Å². The maximum Gasteiger partial charge on any atom is 0.309 e. The summed E-state index contributed by atoms with van der Waals surface area (Å²) >= 11 is 0. The molecule has 0 bridgehead atoms. The van der Waals surface area contributed by atoms with E-state index in [0.717, 1.165) is 18.5 Å². The van der Waals surface area contributed by atoms with Crippen LogP contribution in [0.5, 0.6) is 0 Å². The molecule has 0 amide bonds. The standard InChI is InChI=1S/C14H18FNO3/c15-11-4-2-10(3-5-11)8-12(14(17)18)13-9-16-6-1-7-19-13/h2-5,12-13,16H,1,6-9H2,(H,17,18). The zero-order valence-corrected chi connectivity index (χ0v) is 10.6. The Labute approximate surface area is 111 Å². The quantitative estimate of drug-likeness (QED) is 0.867. The Bertz CT molecular complexity index is 413. The van der Waals surface area contributed by atoms with Crippen LogP contribution >= 0.6 is 0 Å². The number of ether oxygens (including phenoxy) is 1. The fourth-order valence-corrected chi connectivity index (χ4v) is 2.25. The summed E-state index contributed by atoms with van der Waals surface area (Å²) in [5.74, 6) is -1.81. The van der Waals surface area contributed by atoms with E-state index in [2.05, 4.69) is 5.32 Å². The molecule has 2 rings (SSSR count). The van der Waals surface area contributed by atoms with Gasteiger partial charge in [0.2, 0.25) is 0 Å². The minimum Gasteiger partial charge on any atom is -0.481 e. The highest BCUT2D eigenvalue weighted by atomic mass is 19.1. The number of rotatable bonds is 4. The average molecular weight is 267 g/mol. The van der Waals surface area contributed by atoms with Crippen molar-refractivity contribution in [1.82, 2.24) is 5.32 Å². The van der Waals surface area contributed by atoms with E-state index in [9.17, 15) is 14.3 Å².